The van der Waals surface area contributed by atoms with Crippen LogP contribution in [0.15, 0.2) is 0 Å². The van der Waals surface area contributed by atoms with E-state index in [0.717, 1.165) is 6.54 Å². The minimum atomic E-state index is 0.378. The minimum absolute atomic E-state index is 0.378. The molecule has 1 aliphatic rings. The molecule has 1 aliphatic heterocycles. The predicted octanol–water partition coefficient (Wildman–Crippen LogP) is 2.12. The van der Waals surface area contributed by atoms with Crippen molar-refractivity contribution < 1.29 is 4.74 Å². The SMILES string of the molecule is C=N.CCN1C(C)CCC[C@@H]1OC. The number of rotatable bonds is 2. The average molecular weight is 186 g/mol. The Bertz CT molecular complexity index is 130. The van der Waals surface area contributed by atoms with Gasteiger partial charge in [0, 0.05) is 13.2 Å². The van der Waals surface area contributed by atoms with Gasteiger partial charge in [0.15, 0.2) is 0 Å². The first-order chi connectivity index (χ1) is 6.29. The molecule has 0 aromatic carbocycles. The zero-order valence-electron chi connectivity index (χ0n) is 9.05. The fourth-order valence-corrected chi connectivity index (χ4v) is 1.97. The second kappa shape index (κ2) is 7.04. The van der Waals surface area contributed by atoms with Crippen LogP contribution in [0.5, 0.6) is 0 Å². The van der Waals surface area contributed by atoms with Crippen LogP contribution in [0.1, 0.15) is 33.1 Å². The lowest BCUT2D eigenvalue weighted by Crippen LogP contribution is -2.45. The topological polar surface area (TPSA) is 36.3 Å². The Kier molecular flexibility index (Phi) is 6.82. The van der Waals surface area contributed by atoms with Gasteiger partial charge in [-0.2, -0.15) is 0 Å². The van der Waals surface area contributed by atoms with Gasteiger partial charge in [-0.1, -0.05) is 6.92 Å². The summed E-state index contributed by atoms with van der Waals surface area (Å²) in [5.74, 6) is 0. The van der Waals surface area contributed by atoms with Crippen molar-refractivity contribution >= 4 is 6.72 Å². The molecule has 13 heavy (non-hydrogen) atoms. The Morgan fingerprint density at radius 3 is 2.46 bits per heavy atom. The fraction of sp³-hybridized carbons (Fsp3) is 0.900. The zero-order valence-corrected chi connectivity index (χ0v) is 9.05. The number of hydrogen-bond donors (Lipinski definition) is 1. The molecule has 0 saturated carbocycles. The normalized spacial score (nSPS) is 29.2. The molecule has 1 N–H and O–H groups in total. The molecule has 1 saturated heterocycles. The lowest BCUT2D eigenvalue weighted by Gasteiger charge is -2.38. The van der Waals surface area contributed by atoms with Crippen molar-refractivity contribution in [2.24, 2.45) is 0 Å². The van der Waals surface area contributed by atoms with E-state index in [1.807, 2.05) is 7.11 Å². The Hall–Kier alpha value is -0.410. The van der Waals surface area contributed by atoms with Gasteiger partial charge in [0.1, 0.15) is 6.23 Å². The Morgan fingerprint density at radius 2 is 2.08 bits per heavy atom. The van der Waals surface area contributed by atoms with Gasteiger partial charge < -0.3 is 10.1 Å². The molecule has 0 aromatic rings. The minimum Gasteiger partial charge on any atom is -0.366 e. The third-order valence-corrected chi connectivity index (χ3v) is 2.65. The number of methoxy groups -OCH3 is 1. The molecular formula is C10H22N2O. The summed E-state index contributed by atoms with van der Waals surface area (Å²) in [4.78, 5) is 2.43. The quantitative estimate of drug-likeness (QED) is 0.671. The van der Waals surface area contributed by atoms with Gasteiger partial charge in [-0.05, 0) is 39.4 Å². The molecule has 0 bridgehead atoms. The van der Waals surface area contributed by atoms with Crippen molar-refractivity contribution in [2.75, 3.05) is 13.7 Å². The highest BCUT2D eigenvalue weighted by atomic mass is 16.5. The van der Waals surface area contributed by atoms with E-state index in [0.29, 0.717) is 12.3 Å². The van der Waals surface area contributed by atoms with Crippen LogP contribution in [0.3, 0.4) is 0 Å². The number of piperidine rings is 1. The van der Waals surface area contributed by atoms with Crippen LogP contribution in [0.25, 0.3) is 0 Å². The van der Waals surface area contributed by atoms with E-state index in [-0.39, 0.29) is 0 Å². The van der Waals surface area contributed by atoms with Crippen LogP contribution in [-0.2, 0) is 4.74 Å². The van der Waals surface area contributed by atoms with Gasteiger partial charge in [-0.25, -0.2) is 0 Å². The second-order valence-electron chi connectivity index (χ2n) is 3.30. The average Bonchev–Trinajstić information content (AvgIpc) is 2.20. The Balaban J connectivity index is 0.000000671. The van der Waals surface area contributed by atoms with E-state index in [1.54, 1.807) is 0 Å². The van der Waals surface area contributed by atoms with E-state index in [2.05, 4.69) is 25.5 Å². The molecule has 1 fully saturated rings. The maximum absolute atomic E-state index is 5.50. The maximum atomic E-state index is 5.50. The number of hydrogen-bond acceptors (Lipinski definition) is 3. The first-order valence-corrected chi connectivity index (χ1v) is 4.93. The van der Waals surface area contributed by atoms with E-state index >= 15 is 0 Å². The number of likely N-dealkylation sites (tertiary alicyclic amines) is 1. The molecule has 0 radical (unpaired) electrons. The highest BCUT2D eigenvalue weighted by Gasteiger charge is 2.25. The molecule has 2 atom stereocenters. The molecule has 0 amide bonds. The lowest BCUT2D eigenvalue weighted by molar-refractivity contribution is -0.0752. The van der Waals surface area contributed by atoms with Gasteiger partial charge in [0.2, 0.25) is 0 Å². The first kappa shape index (κ1) is 12.6. The summed E-state index contributed by atoms with van der Waals surface area (Å²) in [6, 6.07) is 0.707. The van der Waals surface area contributed by atoms with Crippen LogP contribution >= 0.6 is 0 Å². The molecule has 78 valence electrons. The summed E-state index contributed by atoms with van der Waals surface area (Å²) < 4.78 is 5.39. The van der Waals surface area contributed by atoms with E-state index in [9.17, 15) is 0 Å². The van der Waals surface area contributed by atoms with Crippen LogP contribution in [0, 0.1) is 5.41 Å². The van der Waals surface area contributed by atoms with Crippen LogP contribution in [-0.4, -0.2) is 37.5 Å². The third kappa shape index (κ3) is 3.44. The summed E-state index contributed by atoms with van der Waals surface area (Å²) in [5.41, 5.74) is 0. The first-order valence-electron chi connectivity index (χ1n) is 4.93. The number of nitrogens with zero attached hydrogens (tertiary/aromatic N) is 1. The van der Waals surface area contributed by atoms with Crippen LogP contribution in [0.4, 0.5) is 0 Å². The standard InChI is InChI=1S/C9H19NO.CH3N/c1-4-10-8(2)6-5-7-9(10)11-3;1-2/h8-9H,4-7H2,1-3H3;2H,1H2/t8?,9-;/m0./s1. The molecule has 0 aliphatic carbocycles. The molecule has 0 spiro atoms. The molecule has 3 nitrogen and oxygen atoms in total. The van der Waals surface area contributed by atoms with Crippen LogP contribution < -0.4 is 0 Å². The molecule has 1 unspecified atom stereocenters. The summed E-state index contributed by atoms with van der Waals surface area (Å²) in [6.45, 7) is 8.10. The summed E-state index contributed by atoms with van der Waals surface area (Å²) >= 11 is 0. The smallest absolute Gasteiger partial charge is 0.110 e. The lowest BCUT2D eigenvalue weighted by atomic mass is 10.0. The second-order valence-corrected chi connectivity index (χ2v) is 3.30. The summed E-state index contributed by atoms with van der Waals surface area (Å²) in [6.07, 6.45) is 4.22. The van der Waals surface area contributed by atoms with Crippen molar-refractivity contribution in [3.63, 3.8) is 0 Å². The predicted molar refractivity (Wildman–Crippen MR) is 56.3 cm³/mol. The van der Waals surface area contributed by atoms with E-state index in [4.69, 9.17) is 10.1 Å². The Labute approximate surface area is 81.6 Å². The zero-order chi connectivity index (χ0) is 10.3. The van der Waals surface area contributed by atoms with Gasteiger partial charge >= 0.3 is 0 Å². The number of nitrogens with one attached hydrogen (secondary N) is 1. The van der Waals surface area contributed by atoms with E-state index < -0.39 is 0 Å². The van der Waals surface area contributed by atoms with Crippen molar-refractivity contribution in [1.29, 1.82) is 5.41 Å². The molecule has 3 heteroatoms. The fourth-order valence-electron chi connectivity index (χ4n) is 1.97. The van der Waals surface area contributed by atoms with Gasteiger partial charge in [-0.15, -0.1) is 0 Å². The highest BCUT2D eigenvalue weighted by Crippen LogP contribution is 2.22. The molecule has 1 rings (SSSR count). The van der Waals surface area contributed by atoms with Crippen molar-refractivity contribution in [1.82, 2.24) is 4.90 Å². The Morgan fingerprint density at radius 1 is 1.46 bits per heavy atom. The summed E-state index contributed by atoms with van der Waals surface area (Å²) in [7, 11) is 1.81. The van der Waals surface area contributed by atoms with Crippen molar-refractivity contribution in [3.8, 4) is 0 Å². The van der Waals surface area contributed by atoms with Crippen LogP contribution in [0.2, 0.25) is 0 Å². The monoisotopic (exact) mass is 186 g/mol. The van der Waals surface area contributed by atoms with Crippen molar-refractivity contribution in [3.05, 3.63) is 0 Å². The van der Waals surface area contributed by atoms with Crippen molar-refractivity contribution in [2.45, 2.75) is 45.4 Å². The van der Waals surface area contributed by atoms with Gasteiger partial charge in [0.05, 0.1) is 0 Å². The van der Waals surface area contributed by atoms with Gasteiger partial charge in [0.25, 0.3) is 0 Å². The molecular weight excluding hydrogens is 164 g/mol. The summed E-state index contributed by atoms with van der Waals surface area (Å²) in [5, 5.41) is 5.50. The number of ether oxygens (including phenoxy) is 1. The largest absolute Gasteiger partial charge is 0.366 e. The third-order valence-electron chi connectivity index (χ3n) is 2.65. The molecule has 0 aromatic heterocycles. The van der Waals surface area contributed by atoms with E-state index in [1.165, 1.54) is 19.3 Å². The van der Waals surface area contributed by atoms with Gasteiger partial charge in [-0.3, -0.25) is 4.90 Å². The maximum Gasteiger partial charge on any atom is 0.110 e. The molecule has 1 heterocycles. The highest BCUT2D eigenvalue weighted by molar-refractivity contribution is 5.15.